The number of pyridine rings is 1. The largest absolute Gasteiger partial charge is 0.370 e. The van der Waals surface area contributed by atoms with Gasteiger partial charge in [-0.15, -0.1) is 0 Å². The summed E-state index contributed by atoms with van der Waals surface area (Å²) in [6.07, 6.45) is 5.59. The smallest absolute Gasteiger partial charge is 0.223 e. The van der Waals surface area contributed by atoms with Crippen molar-refractivity contribution >= 4 is 17.6 Å². The van der Waals surface area contributed by atoms with Crippen molar-refractivity contribution in [2.24, 2.45) is 0 Å². The highest BCUT2D eigenvalue weighted by Gasteiger charge is 2.07. The monoisotopic (exact) mass is 286 g/mol. The van der Waals surface area contributed by atoms with Gasteiger partial charge in [0.05, 0.1) is 0 Å². The van der Waals surface area contributed by atoms with Gasteiger partial charge in [-0.1, -0.05) is 6.92 Å². The van der Waals surface area contributed by atoms with Gasteiger partial charge in [0.1, 0.15) is 11.6 Å². The van der Waals surface area contributed by atoms with Gasteiger partial charge < -0.3 is 16.0 Å². The van der Waals surface area contributed by atoms with Crippen LogP contribution >= 0.6 is 0 Å². The van der Waals surface area contributed by atoms with Crippen molar-refractivity contribution in [1.29, 1.82) is 0 Å². The Kier molecular flexibility index (Phi) is 5.31. The number of aromatic nitrogens is 3. The molecular weight excluding hydrogens is 264 g/mol. The van der Waals surface area contributed by atoms with Crippen molar-refractivity contribution in [1.82, 2.24) is 15.0 Å². The van der Waals surface area contributed by atoms with Crippen LogP contribution in [0.3, 0.4) is 0 Å². The molecule has 112 valence electrons. The van der Waals surface area contributed by atoms with Crippen LogP contribution in [0.5, 0.6) is 0 Å². The minimum atomic E-state index is 0.293. The Morgan fingerprint density at radius 1 is 1.24 bits per heavy atom. The van der Waals surface area contributed by atoms with E-state index in [1.165, 1.54) is 5.56 Å². The van der Waals surface area contributed by atoms with Crippen LogP contribution in [0.1, 0.15) is 18.9 Å². The normalized spacial score (nSPS) is 10.4. The molecule has 0 unspecified atom stereocenters. The molecule has 0 amide bonds. The molecule has 21 heavy (non-hydrogen) atoms. The first kappa shape index (κ1) is 15.0. The van der Waals surface area contributed by atoms with Crippen LogP contribution in [0.4, 0.5) is 17.6 Å². The Balaban J connectivity index is 2.01. The molecule has 0 aliphatic heterocycles. The van der Waals surface area contributed by atoms with E-state index in [0.29, 0.717) is 5.95 Å². The molecule has 0 aliphatic carbocycles. The third kappa shape index (κ3) is 4.59. The van der Waals surface area contributed by atoms with Gasteiger partial charge in [0.15, 0.2) is 0 Å². The van der Waals surface area contributed by atoms with Crippen LogP contribution in [0.25, 0.3) is 0 Å². The molecule has 0 saturated carbocycles. The standard InChI is InChI=1S/C15H22N6/c1-3-7-18-13-11-14(20-15(16)19-13)21(2)10-6-12-4-8-17-9-5-12/h4-5,8-9,11H,3,6-7,10H2,1-2H3,(H3,16,18,19,20). The Morgan fingerprint density at radius 2 is 2.00 bits per heavy atom. The van der Waals surface area contributed by atoms with Gasteiger partial charge in [-0.2, -0.15) is 9.97 Å². The second-order valence-electron chi connectivity index (χ2n) is 4.92. The van der Waals surface area contributed by atoms with Crippen molar-refractivity contribution in [2.75, 3.05) is 36.1 Å². The van der Waals surface area contributed by atoms with Crippen molar-refractivity contribution in [2.45, 2.75) is 19.8 Å². The predicted molar refractivity (Wildman–Crippen MR) is 86.4 cm³/mol. The molecule has 0 aliphatic rings. The van der Waals surface area contributed by atoms with Crippen LogP contribution < -0.4 is 16.0 Å². The lowest BCUT2D eigenvalue weighted by Crippen LogP contribution is -2.22. The van der Waals surface area contributed by atoms with Crippen LogP contribution in [-0.2, 0) is 6.42 Å². The topological polar surface area (TPSA) is 80.0 Å². The second kappa shape index (κ2) is 7.42. The number of nitrogens with zero attached hydrogens (tertiary/aromatic N) is 4. The number of nitrogens with one attached hydrogen (secondary N) is 1. The average molecular weight is 286 g/mol. The fourth-order valence-corrected chi connectivity index (χ4v) is 1.95. The fraction of sp³-hybridized carbons (Fsp3) is 0.400. The number of hydrogen-bond acceptors (Lipinski definition) is 6. The summed E-state index contributed by atoms with van der Waals surface area (Å²) >= 11 is 0. The summed E-state index contributed by atoms with van der Waals surface area (Å²) in [7, 11) is 2.01. The summed E-state index contributed by atoms with van der Waals surface area (Å²) in [5.74, 6) is 1.90. The van der Waals surface area contributed by atoms with Crippen molar-refractivity contribution in [3.05, 3.63) is 36.2 Å². The van der Waals surface area contributed by atoms with E-state index in [2.05, 4.69) is 32.1 Å². The molecule has 0 saturated heterocycles. The lowest BCUT2D eigenvalue weighted by molar-refractivity contribution is 0.855. The van der Waals surface area contributed by atoms with Gasteiger partial charge >= 0.3 is 0 Å². The van der Waals surface area contributed by atoms with Crippen molar-refractivity contribution in [3.63, 3.8) is 0 Å². The molecule has 0 fully saturated rings. The van der Waals surface area contributed by atoms with E-state index in [9.17, 15) is 0 Å². The van der Waals surface area contributed by atoms with E-state index < -0.39 is 0 Å². The molecule has 0 spiro atoms. The molecule has 0 bridgehead atoms. The maximum absolute atomic E-state index is 5.78. The molecule has 6 nitrogen and oxygen atoms in total. The highest BCUT2D eigenvalue weighted by Crippen LogP contribution is 2.16. The molecule has 3 N–H and O–H groups in total. The van der Waals surface area contributed by atoms with E-state index in [1.807, 2.05) is 37.6 Å². The quantitative estimate of drug-likeness (QED) is 0.810. The van der Waals surface area contributed by atoms with E-state index in [0.717, 1.165) is 37.6 Å². The minimum Gasteiger partial charge on any atom is -0.370 e. The molecule has 0 aromatic carbocycles. The van der Waals surface area contributed by atoms with Gasteiger partial charge in [0.2, 0.25) is 5.95 Å². The second-order valence-corrected chi connectivity index (χ2v) is 4.92. The summed E-state index contributed by atoms with van der Waals surface area (Å²) in [6, 6.07) is 5.98. The Labute approximate surface area is 125 Å². The van der Waals surface area contributed by atoms with E-state index in [4.69, 9.17) is 5.73 Å². The summed E-state index contributed by atoms with van der Waals surface area (Å²) in [5, 5.41) is 3.24. The van der Waals surface area contributed by atoms with Gasteiger partial charge in [0.25, 0.3) is 0 Å². The third-order valence-corrected chi connectivity index (χ3v) is 3.16. The zero-order chi connectivity index (χ0) is 15.1. The molecular formula is C15H22N6. The molecule has 6 heteroatoms. The maximum atomic E-state index is 5.78. The van der Waals surface area contributed by atoms with Crippen LogP contribution in [0.2, 0.25) is 0 Å². The number of nitrogens with two attached hydrogens (primary N) is 1. The van der Waals surface area contributed by atoms with Gasteiger partial charge in [0, 0.05) is 38.6 Å². The van der Waals surface area contributed by atoms with Crippen molar-refractivity contribution < 1.29 is 0 Å². The number of rotatable bonds is 7. The van der Waals surface area contributed by atoms with Crippen LogP contribution in [0.15, 0.2) is 30.6 Å². The first-order valence-corrected chi connectivity index (χ1v) is 7.17. The summed E-state index contributed by atoms with van der Waals surface area (Å²) in [6.45, 7) is 3.84. The molecule has 2 rings (SSSR count). The first-order chi connectivity index (χ1) is 10.2. The molecule has 0 atom stereocenters. The third-order valence-electron chi connectivity index (χ3n) is 3.16. The van der Waals surface area contributed by atoms with Crippen LogP contribution in [0, 0.1) is 0 Å². The zero-order valence-corrected chi connectivity index (χ0v) is 12.6. The number of anilines is 3. The van der Waals surface area contributed by atoms with E-state index in [-0.39, 0.29) is 0 Å². The molecule has 2 aromatic rings. The Bertz CT molecular complexity index is 557. The van der Waals surface area contributed by atoms with Gasteiger partial charge in [-0.25, -0.2) is 0 Å². The lowest BCUT2D eigenvalue weighted by atomic mass is 10.2. The maximum Gasteiger partial charge on any atom is 0.223 e. The van der Waals surface area contributed by atoms with Gasteiger partial charge in [-0.05, 0) is 30.5 Å². The molecule has 2 aromatic heterocycles. The summed E-state index contributed by atoms with van der Waals surface area (Å²) < 4.78 is 0. The Hall–Kier alpha value is -2.37. The molecule has 2 heterocycles. The van der Waals surface area contributed by atoms with Crippen LogP contribution in [-0.4, -0.2) is 35.1 Å². The first-order valence-electron chi connectivity index (χ1n) is 7.17. The highest BCUT2D eigenvalue weighted by molar-refractivity contribution is 5.52. The summed E-state index contributed by atoms with van der Waals surface area (Å²) in [4.78, 5) is 14.6. The predicted octanol–water partition coefficient (Wildman–Crippen LogP) is 1.95. The number of hydrogen-bond donors (Lipinski definition) is 2. The molecule has 0 radical (unpaired) electrons. The van der Waals surface area contributed by atoms with E-state index in [1.54, 1.807) is 0 Å². The minimum absolute atomic E-state index is 0.293. The summed E-state index contributed by atoms with van der Waals surface area (Å²) in [5.41, 5.74) is 7.03. The SMILES string of the molecule is CCCNc1cc(N(C)CCc2ccncc2)nc(N)n1. The number of nitrogen functional groups attached to an aromatic ring is 1. The lowest BCUT2D eigenvalue weighted by Gasteiger charge is -2.19. The van der Waals surface area contributed by atoms with Gasteiger partial charge in [-0.3, -0.25) is 4.98 Å². The van der Waals surface area contributed by atoms with Crippen molar-refractivity contribution in [3.8, 4) is 0 Å². The Morgan fingerprint density at radius 3 is 2.71 bits per heavy atom. The fourth-order valence-electron chi connectivity index (χ4n) is 1.95. The van der Waals surface area contributed by atoms with E-state index >= 15 is 0 Å². The zero-order valence-electron chi connectivity index (χ0n) is 12.6. The number of likely N-dealkylation sites (N-methyl/N-ethyl adjacent to an activating group) is 1. The highest BCUT2D eigenvalue weighted by atomic mass is 15.2. The average Bonchev–Trinajstić information content (AvgIpc) is 2.51.